The van der Waals surface area contributed by atoms with Gasteiger partial charge in [-0.2, -0.15) is 0 Å². The minimum Gasteiger partial charge on any atom is -0.493 e. The number of nitrogens with two attached hydrogens (primary N) is 1. The van der Waals surface area contributed by atoms with Crippen molar-refractivity contribution in [1.29, 1.82) is 0 Å². The van der Waals surface area contributed by atoms with Crippen LogP contribution in [-0.2, 0) is 5.41 Å². The Labute approximate surface area is 142 Å². The van der Waals surface area contributed by atoms with Crippen LogP contribution in [-0.4, -0.2) is 12.5 Å². The Hall–Kier alpha value is -2.49. The molecule has 2 aromatic rings. The summed E-state index contributed by atoms with van der Waals surface area (Å²) in [5.74, 6) is 0.887. The van der Waals surface area contributed by atoms with Gasteiger partial charge in [-0.15, -0.1) is 0 Å². The Bertz CT molecular complexity index is 842. The van der Waals surface area contributed by atoms with Crippen LogP contribution in [0, 0.1) is 12.8 Å². The Morgan fingerprint density at radius 2 is 2.08 bits per heavy atom. The molecule has 1 amide bonds. The minimum atomic E-state index is -0.392. The average molecular weight is 322 g/mol. The van der Waals surface area contributed by atoms with E-state index in [1.165, 1.54) is 11.1 Å². The summed E-state index contributed by atoms with van der Waals surface area (Å²) >= 11 is 0. The van der Waals surface area contributed by atoms with Crippen LogP contribution in [0.3, 0.4) is 0 Å². The van der Waals surface area contributed by atoms with E-state index in [0.717, 1.165) is 17.0 Å². The van der Waals surface area contributed by atoms with Crippen LogP contribution in [0.25, 0.3) is 0 Å². The molecule has 2 unspecified atom stereocenters. The lowest BCUT2D eigenvalue weighted by Gasteiger charge is -2.48. The summed E-state index contributed by atoms with van der Waals surface area (Å²) in [6, 6.07) is 12.2. The molecule has 0 saturated carbocycles. The fourth-order valence-corrected chi connectivity index (χ4v) is 4.13. The molecule has 24 heavy (non-hydrogen) atoms. The Kier molecular flexibility index (Phi) is 3.14. The predicted molar refractivity (Wildman–Crippen MR) is 94.5 cm³/mol. The zero-order chi connectivity index (χ0) is 17.1. The number of primary amides is 1. The monoisotopic (exact) mass is 322 g/mol. The Morgan fingerprint density at radius 1 is 1.29 bits per heavy atom. The van der Waals surface area contributed by atoms with Gasteiger partial charge in [0.1, 0.15) is 5.75 Å². The number of anilines is 1. The first-order chi connectivity index (χ1) is 11.4. The molecule has 2 aliphatic rings. The molecule has 3 N–H and O–H groups in total. The van der Waals surface area contributed by atoms with E-state index in [2.05, 4.69) is 44.3 Å². The van der Waals surface area contributed by atoms with Crippen molar-refractivity contribution < 1.29 is 9.53 Å². The van der Waals surface area contributed by atoms with Gasteiger partial charge in [-0.05, 0) is 36.2 Å². The van der Waals surface area contributed by atoms with Gasteiger partial charge in [0.15, 0.2) is 0 Å². The number of aryl methyl sites for hydroxylation is 1. The lowest BCUT2D eigenvalue weighted by molar-refractivity contribution is 0.0999. The number of carbonyl (C=O) groups is 1. The second kappa shape index (κ2) is 5.00. The van der Waals surface area contributed by atoms with Crippen LogP contribution in [0.5, 0.6) is 5.75 Å². The van der Waals surface area contributed by atoms with Gasteiger partial charge < -0.3 is 15.8 Å². The summed E-state index contributed by atoms with van der Waals surface area (Å²) in [5.41, 5.74) is 10.5. The van der Waals surface area contributed by atoms with Crippen LogP contribution in [0.4, 0.5) is 5.69 Å². The Balaban J connectivity index is 1.86. The van der Waals surface area contributed by atoms with Crippen molar-refractivity contribution in [1.82, 2.24) is 0 Å². The standard InChI is InChI=1S/C20H22N2O2/c1-11-5-4-6-13-17-15(10-24-18(11)13)20(2,3)14-9-12(19(21)23)7-8-16(14)22-17/h4-9,15,17,22H,10H2,1-3H3,(H2,21,23). The zero-order valence-corrected chi connectivity index (χ0v) is 14.2. The molecule has 0 bridgehead atoms. The average Bonchev–Trinajstić information content (AvgIpc) is 2.55. The molecule has 2 atom stereocenters. The Morgan fingerprint density at radius 3 is 2.83 bits per heavy atom. The van der Waals surface area contributed by atoms with Crippen molar-refractivity contribution in [2.24, 2.45) is 11.7 Å². The maximum Gasteiger partial charge on any atom is 0.248 e. The molecule has 0 saturated heterocycles. The minimum absolute atomic E-state index is 0.127. The molecule has 4 nitrogen and oxygen atoms in total. The predicted octanol–water partition coefficient (Wildman–Crippen LogP) is 3.55. The SMILES string of the molecule is Cc1cccc2c1OCC1C2Nc2ccc(C(N)=O)cc2C1(C)C. The third-order valence-corrected chi connectivity index (χ3v) is 5.62. The van der Waals surface area contributed by atoms with Gasteiger partial charge in [-0.1, -0.05) is 32.0 Å². The highest BCUT2D eigenvalue weighted by molar-refractivity contribution is 5.93. The summed E-state index contributed by atoms with van der Waals surface area (Å²) in [6.07, 6.45) is 0. The number of hydrogen-bond acceptors (Lipinski definition) is 3. The van der Waals surface area contributed by atoms with Gasteiger partial charge in [0.05, 0.1) is 12.6 Å². The summed E-state index contributed by atoms with van der Waals surface area (Å²) in [5, 5.41) is 3.67. The van der Waals surface area contributed by atoms with Gasteiger partial charge >= 0.3 is 0 Å². The third kappa shape index (κ3) is 2.02. The molecular formula is C20H22N2O2. The van der Waals surface area contributed by atoms with Crippen LogP contribution in [0.1, 0.15) is 46.9 Å². The van der Waals surface area contributed by atoms with Crippen LogP contribution < -0.4 is 15.8 Å². The smallest absolute Gasteiger partial charge is 0.248 e. The number of para-hydroxylation sites is 1. The second-order valence-corrected chi connectivity index (χ2v) is 7.38. The first-order valence-electron chi connectivity index (χ1n) is 8.33. The van der Waals surface area contributed by atoms with E-state index in [-0.39, 0.29) is 17.4 Å². The molecule has 2 aliphatic heterocycles. The molecule has 2 heterocycles. The van der Waals surface area contributed by atoms with E-state index in [4.69, 9.17) is 10.5 Å². The molecule has 4 rings (SSSR count). The maximum absolute atomic E-state index is 11.6. The van der Waals surface area contributed by atoms with E-state index in [1.807, 2.05) is 12.1 Å². The quantitative estimate of drug-likeness (QED) is 0.844. The fraction of sp³-hybridized carbons (Fsp3) is 0.350. The first-order valence-corrected chi connectivity index (χ1v) is 8.33. The molecule has 0 fully saturated rings. The highest BCUT2D eigenvalue weighted by Crippen LogP contribution is 2.52. The van der Waals surface area contributed by atoms with Gasteiger partial charge in [0, 0.05) is 28.1 Å². The van der Waals surface area contributed by atoms with E-state index < -0.39 is 5.91 Å². The number of ether oxygens (including phenoxy) is 1. The van der Waals surface area contributed by atoms with E-state index >= 15 is 0 Å². The lowest BCUT2D eigenvalue weighted by atomic mass is 9.65. The zero-order valence-electron chi connectivity index (χ0n) is 14.2. The molecule has 2 aromatic carbocycles. The fourth-order valence-electron chi connectivity index (χ4n) is 4.13. The number of amides is 1. The van der Waals surface area contributed by atoms with Gasteiger partial charge in [0.25, 0.3) is 0 Å². The van der Waals surface area contributed by atoms with Crippen molar-refractivity contribution >= 4 is 11.6 Å². The van der Waals surface area contributed by atoms with E-state index in [9.17, 15) is 4.79 Å². The summed E-state index contributed by atoms with van der Waals surface area (Å²) < 4.78 is 6.12. The van der Waals surface area contributed by atoms with Crippen molar-refractivity contribution in [3.05, 3.63) is 58.7 Å². The van der Waals surface area contributed by atoms with E-state index in [1.54, 1.807) is 6.07 Å². The largest absolute Gasteiger partial charge is 0.493 e. The van der Waals surface area contributed by atoms with Gasteiger partial charge in [0.2, 0.25) is 5.91 Å². The normalized spacial score (nSPS) is 23.1. The summed E-state index contributed by atoms with van der Waals surface area (Å²) in [4.78, 5) is 11.6. The summed E-state index contributed by atoms with van der Waals surface area (Å²) in [7, 11) is 0. The number of rotatable bonds is 1. The maximum atomic E-state index is 11.6. The van der Waals surface area contributed by atoms with Crippen LogP contribution in [0.15, 0.2) is 36.4 Å². The summed E-state index contributed by atoms with van der Waals surface area (Å²) in [6.45, 7) is 7.18. The second-order valence-electron chi connectivity index (χ2n) is 7.38. The number of fused-ring (bicyclic) bond motifs is 4. The first kappa shape index (κ1) is 15.1. The topological polar surface area (TPSA) is 64.3 Å². The van der Waals surface area contributed by atoms with Gasteiger partial charge in [-0.3, -0.25) is 4.79 Å². The number of nitrogens with one attached hydrogen (secondary N) is 1. The molecule has 0 radical (unpaired) electrons. The molecular weight excluding hydrogens is 300 g/mol. The van der Waals surface area contributed by atoms with E-state index in [0.29, 0.717) is 12.2 Å². The molecule has 0 aromatic heterocycles. The van der Waals surface area contributed by atoms with Crippen molar-refractivity contribution in [3.63, 3.8) is 0 Å². The third-order valence-electron chi connectivity index (χ3n) is 5.62. The lowest BCUT2D eigenvalue weighted by Crippen LogP contribution is -2.46. The number of benzene rings is 2. The number of carbonyl (C=O) groups excluding carboxylic acids is 1. The molecule has 124 valence electrons. The highest BCUT2D eigenvalue weighted by atomic mass is 16.5. The highest BCUT2D eigenvalue weighted by Gasteiger charge is 2.46. The van der Waals surface area contributed by atoms with Crippen LogP contribution >= 0.6 is 0 Å². The van der Waals surface area contributed by atoms with Crippen molar-refractivity contribution in [2.45, 2.75) is 32.2 Å². The molecule has 4 heteroatoms. The van der Waals surface area contributed by atoms with Gasteiger partial charge in [-0.25, -0.2) is 0 Å². The van der Waals surface area contributed by atoms with Crippen molar-refractivity contribution in [3.8, 4) is 5.75 Å². The number of hydrogen-bond donors (Lipinski definition) is 2. The van der Waals surface area contributed by atoms with Crippen molar-refractivity contribution in [2.75, 3.05) is 11.9 Å². The van der Waals surface area contributed by atoms with Crippen LogP contribution in [0.2, 0.25) is 0 Å². The molecule has 0 spiro atoms. The molecule has 0 aliphatic carbocycles.